The highest BCUT2D eigenvalue weighted by Crippen LogP contribution is 2.29. The number of nitrogens with two attached hydrogens (primary N) is 1. The fourth-order valence-corrected chi connectivity index (χ4v) is 2.34. The lowest BCUT2D eigenvalue weighted by Gasteiger charge is -2.14. The minimum absolute atomic E-state index is 0.0495. The molecule has 0 aliphatic rings. The molecule has 1 amide bonds. The van der Waals surface area contributed by atoms with Crippen molar-refractivity contribution in [1.29, 1.82) is 0 Å². The molecule has 6 nitrogen and oxygen atoms in total. The number of hydrogen-bond donors (Lipinski definition) is 2. The Morgan fingerprint density at radius 2 is 2.07 bits per heavy atom. The van der Waals surface area contributed by atoms with Crippen LogP contribution in [-0.2, 0) is 4.79 Å². The van der Waals surface area contributed by atoms with Crippen molar-refractivity contribution in [3.8, 4) is 11.3 Å². The number of anilines is 1. The van der Waals surface area contributed by atoms with Gasteiger partial charge in [0.25, 0.3) is 5.91 Å². The molecule has 8 heteroatoms. The van der Waals surface area contributed by atoms with Crippen LogP contribution in [0.15, 0.2) is 41.2 Å². The number of nitrogens with zero attached hydrogens (tertiary/aromatic N) is 3. The normalized spacial score (nSPS) is 12.4. The van der Waals surface area contributed by atoms with Crippen LogP contribution in [0.3, 0.4) is 0 Å². The summed E-state index contributed by atoms with van der Waals surface area (Å²) in [5, 5.41) is 2.72. The summed E-state index contributed by atoms with van der Waals surface area (Å²) in [6.45, 7) is 7.43. The SMILES string of the molecule is Cc1c(NC(=O)/C(C=NC(C)(C)C)=C/N)cc(F)cc1-c1ccnc(Cl)n1. The summed E-state index contributed by atoms with van der Waals surface area (Å²) in [7, 11) is 0. The Hall–Kier alpha value is -2.80. The first-order valence-electron chi connectivity index (χ1n) is 8.18. The molecular weight excluding hydrogens is 369 g/mol. The van der Waals surface area contributed by atoms with E-state index in [0.717, 1.165) is 6.20 Å². The number of amides is 1. The van der Waals surface area contributed by atoms with E-state index < -0.39 is 11.7 Å². The molecule has 0 aliphatic carbocycles. The number of halogens is 2. The van der Waals surface area contributed by atoms with Gasteiger partial charge in [0.2, 0.25) is 5.28 Å². The van der Waals surface area contributed by atoms with Crippen LogP contribution in [0.5, 0.6) is 0 Å². The standard InChI is InChI=1S/C19H21ClFN5O/c1-11-14(15-5-6-23-18(20)26-15)7-13(21)8-16(11)25-17(27)12(9-22)10-24-19(2,3)4/h5-10H,22H2,1-4H3,(H,25,27)/b12-9+,24-10?. The zero-order chi connectivity index (χ0) is 20.2. The fourth-order valence-electron chi connectivity index (χ4n) is 2.19. The molecule has 1 aromatic heterocycles. The van der Waals surface area contributed by atoms with Crippen molar-refractivity contribution in [3.63, 3.8) is 0 Å². The second-order valence-electron chi connectivity index (χ2n) is 6.84. The van der Waals surface area contributed by atoms with Crippen LogP contribution in [0.2, 0.25) is 5.28 Å². The van der Waals surface area contributed by atoms with Gasteiger partial charge in [0, 0.05) is 29.9 Å². The van der Waals surface area contributed by atoms with Crippen LogP contribution in [0.25, 0.3) is 11.3 Å². The lowest BCUT2D eigenvalue weighted by atomic mass is 10.0. The maximum Gasteiger partial charge on any atom is 0.258 e. The van der Waals surface area contributed by atoms with Gasteiger partial charge in [-0.1, -0.05) is 0 Å². The smallest absolute Gasteiger partial charge is 0.258 e. The maximum absolute atomic E-state index is 14.1. The van der Waals surface area contributed by atoms with Crippen molar-refractivity contribution in [2.75, 3.05) is 5.32 Å². The highest BCUT2D eigenvalue weighted by molar-refractivity contribution is 6.28. The largest absolute Gasteiger partial charge is 0.404 e. The van der Waals surface area contributed by atoms with E-state index in [2.05, 4.69) is 20.3 Å². The van der Waals surface area contributed by atoms with Crippen molar-refractivity contribution in [3.05, 3.63) is 52.8 Å². The minimum Gasteiger partial charge on any atom is -0.404 e. The summed E-state index contributed by atoms with van der Waals surface area (Å²) in [5.41, 5.74) is 7.23. The van der Waals surface area contributed by atoms with E-state index in [4.69, 9.17) is 17.3 Å². The van der Waals surface area contributed by atoms with Gasteiger partial charge >= 0.3 is 0 Å². The third-order valence-electron chi connectivity index (χ3n) is 3.56. The first-order chi connectivity index (χ1) is 12.6. The van der Waals surface area contributed by atoms with Gasteiger partial charge in [0.05, 0.1) is 16.8 Å². The number of aliphatic imine (C=N–C) groups is 1. The highest BCUT2D eigenvalue weighted by atomic mass is 35.5. The Kier molecular flexibility index (Phi) is 6.28. The van der Waals surface area contributed by atoms with Crippen molar-refractivity contribution in [2.24, 2.45) is 10.7 Å². The molecular formula is C19H21ClFN5O. The third-order valence-corrected chi connectivity index (χ3v) is 3.74. The molecule has 2 aromatic rings. The number of carbonyl (C=O) groups excluding carboxylic acids is 1. The van der Waals surface area contributed by atoms with Crippen LogP contribution in [0.4, 0.5) is 10.1 Å². The van der Waals surface area contributed by atoms with Gasteiger partial charge in [-0.05, 0) is 63.1 Å². The average Bonchev–Trinajstić information content (AvgIpc) is 2.57. The Bertz CT molecular complexity index is 919. The van der Waals surface area contributed by atoms with E-state index >= 15 is 0 Å². The molecule has 0 aliphatic heterocycles. The molecule has 0 atom stereocenters. The second kappa shape index (κ2) is 8.26. The van der Waals surface area contributed by atoms with Crippen LogP contribution in [0, 0.1) is 12.7 Å². The number of rotatable bonds is 4. The number of carbonyl (C=O) groups is 1. The second-order valence-corrected chi connectivity index (χ2v) is 7.18. The summed E-state index contributed by atoms with van der Waals surface area (Å²) < 4.78 is 14.1. The van der Waals surface area contributed by atoms with Crippen molar-refractivity contribution < 1.29 is 9.18 Å². The summed E-state index contributed by atoms with van der Waals surface area (Å²) in [5.74, 6) is -1.02. The Labute approximate surface area is 162 Å². The zero-order valence-corrected chi connectivity index (χ0v) is 16.3. The lowest BCUT2D eigenvalue weighted by Crippen LogP contribution is -2.19. The molecule has 2 rings (SSSR count). The molecule has 0 unspecified atom stereocenters. The summed E-state index contributed by atoms with van der Waals surface area (Å²) in [6.07, 6.45) is 4.03. The number of hydrogen-bond acceptors (Lipinski definition) is 5. The van der Waals surface area contributed by atoms with Crippen LogP contribution >= 0.6 is 11.6 Å². The average molecular weight is 390 g/mol. The fraction of sp³-hybridized carbons (Fsp3) is 0.263. The summed E-state index contributed by atoms with van der Waals surface area (Å²) in [6, 6.07) is 4.17. The monoisotopic (exact) mass is 389 g/mol. The van der Waals surface area contributed by atoms with E-state index in [-0.39, 0.29) is 16.4 Å². The van der Waals surface area contributed by atoms with E-state index in [9.17, 15) is 9.18 Å². The molecule has 0 radical (unpaired) electrons. The highest BCUT2D eigenvalue weighted by Gasteiger charge is 2.15. The molecule has 0 saturated heterocycles. The third kappa shape index (κ3) is 5.59. The van der Waals surface area contributed by atoms with E-state index in [0.29, 0.717) is 22.5 Å². The van der Waals surface area contributed by atoms with Crippen LogP contribution < -0.4 is 11.1 Å². The van der Waals surface area contributed by atoms with Crippen LogP contribution in [0.1, 0.15) is 26.3 Å². The van der Waals surface area contributed by atoms with Crippen LogP contribution in [-0.4, -0.2) is 27.6 Å². The Morgan fingerprint density at radius 3 is 2.67 bits per heavy atom. The first kappa shape index (κ1) is 20.5. The van der Waals surface area contributed by atoms with Gasteiger partial charge in [0.15, 0.2) is 0 Å². The number of nitrogens with one attached hydrogen (secondary N) is 1. The maximum atomic E-state index is 14.1. The van der Waals surface area contributed by atoms with Gasteiger partial charge in [-0.25, -0.2) is 14.4 Å². The van der Waals surface area contributed by atoms with Crippen molar-refractivity contribution in [1.82, 2.24) is 9.97 Å². The summed E-state index contributed by atoms with van der Waals surface area (Å²) in [4.78, 5) is 24.7. The molecule has 0 bridgehead atoms. The molecule has 142 valence electrons. The quantitative estimate of drug-likeness (QED) is 0.471. The van der Waals surface area contributed by atoms with E-state index in [1.165, 1.54) is 24.5 Å². The van der Waals surface area contributed by atoms with Gasteiger partial charge in [-0.2, -0.15) is 0 Å². The zero-order valence-electron chi connectivity index (χ0n) is 15.5. The van der Waals surface area contributed by atoms with Crippen molar-refractivity contribution >= 4 is 29.4 Å². The van der Waals surface area contributed by atoms with E-state index in [1.807, 2.05) is 20.8 Å². The minimum atomic E-state index is -0.526. The van der Waals surface area contributed by atoms with Gasteiger partial charge in [-0.15, -0.1) is 0 Å². The molecule has 1 heterocycles. The van der Waals surface area contributed by atoms with Gasteiger partial charge < -0.3 is 11.1 Å². The summed E-state index contributed by atoms with van der Waals surface area (Å²) >= 11 is 5.82. The molecule has 27 heavy (non-hydrogen) atoms. The lowest BCUT2D eigenvalue weighted by molar-refractivity contribution is -0.112. The number of aromatic nitrogens is 2. The van der Waals surface area contributed by atoms with Gasteiger partial charge in [0.1, 0.15) is 5.82 Å². The predicted octanol–water partition coefficient (Wildman–Crippen LogP) is 3.89. The molecule has 0 saturated carbocycles. The molecule has 1 aromatic carbocycles. The van der Waals surface area contributed by atoms with E-state index in [1.54, 1.807) is 13.0 Å². The number of benzene rings is 1. The molecule has 0 spiro atoms. The molecule has 3 N–H and O–H groups in total. The first-order valence-corrected chi connectivity index (χ1v) is 8.56. The Morgan fingerprint density at radius 1 is 1.37 bits per heavy atom. The predicted molar refractivity (Wildman–Crippen MR) is 106 cm³/mol. The Balaban J connectivity index is 2.37. The van der Waals surface area contributed by atoms with Gasteiger partial charge in [-0.3, -0.25) is 9.79 Å². The molecule has 0 fully saturated rings. The topological polar surface area (TPSA) is 93.3 Å². The van der Waals surface area contributed by atoms with Crippen molar-refractivity contribution in [2.45, 2.75) is 33.2 Å².